The van der Waals surface area contributed by atoms with Crippen molar-refractivity contribution in [3.63, 3.8) is 0 Å². The lowest BCUT2D eigenvalue weighted by molar-refractivity contribution is -0.208. The molecular formula is C32H36N2O6. The average molecular weight is 545 g/mol. The van der Waals surface area contributed by atoms with Gasteiger partial charge in [-0.25, -0.2) is 0 Å². The number of benzene rings is 1. The summed E-state index contributed by atoms with van der Waals surface area (Å²) in [5.74, 6) is 1.05. The lowest BCUT2D eigenvalue weighted by Gasteiger charge is -2.52. The normalized spacial score (nSPS) is 28.2. The Hall–Kier alpha value is -4.30. The maximum atomic E-state index is 10.4. The number of phenolic OH excluding ortho intramolecular Hbond substituents is 1. The van der Waals surface area contributed by atoms with Gasteiger partial charge in [0.15, 0.2) is 23.0 Å². The van der Waals surface area contributed by atoms with Gasteiger partial charge in [-0.05, 0) is 37.6 Å². The zero-order chi connectivity index (χ0) is 29.3. The molecule has 210 valence electrons. The SMILES string of the molecule is C/C=C(C#N)/C1=C(\C(C#N)=C\C)OC/C=C2/OC3(CC(C)(C)/C2=C/CO1)CC(C)(C)c1cc(O)c(OC)cc1O3. The van der Waals surface area contributed by atoms with E-state index in [1.54, 1.807) is 38.1 Å². The van der Waals surface area contributed by atoms with Crippen molar-refractivity contribution in [2.24, 2.45) is 5.41 Å². The first-order chi connectivity index (χ1) is 18.9. The molecule has 0 aliphatic carbocycles. The molecule has 4 rings (SSSR count). The molecule has 8 heteroatoms. The van der Waals surface area contributed by atoms with E-state index in [2.05, 4.69) is 39.8 Å². The predicted molar refractivity (Wildman–Crippen MR) is 149 cm³/mol. The summed E-state index contributed by atoms with van der Waals surface area (Å²) in [5, 5.41) is 29.9. The third kappa shape index (κ3) is 5.14. The van der Waals surface area contributed by atoms with Gasteiger partial charge in [0.1, 0.15) is 36.9 Å². The molecule has 1 unspecified atom stereocenters. The van der Waals surface area contributed by atoms with Crippen LogP contribution < -0.4 is 9.47 Å². The average Bonchev–Trinajstić information content (AvgIpc) is 2.89. The third-order valence-corrected chi connectivity index (χ3v) is 7.54. The quantitative estimate of drug-likeness (QED) is 0.423. The highest BCUT2D eigenvalue weighted by Gasteiger charge is 2.54. The van der Waals surface area contributed by atoms with Gasteiger partial charge in [-0.2, -0.15) is 10.5 Å². The molecule has 3 aliphatic rings. The molecule has 8 nitrogen and oxygen atoms in total. The Bertz CT molecular complexity index is 1440. The lowest BCUT2D eigenvalue weighted by atomic mass is 9.68. The molecule has 1 fully saturated rings. The molecule has 0 bridgehead atoms. The van der Waals surface area contributed by atoms with Gasteiger partial charge in [0, 0.05) is 35.3 Å². The standard InChI is InChI=1S/C32H36N2O6/c1-8-20(16-33)28-29(21(9-2)17-34)38-13-11-25-22(10-12-37-28)30(3,4)18-32(39-25)19-31(5,6)23-14-24(35)27(36-7)15-26(23)40-32/h8-11,14-15,35H,12-13,18-19H2,1-7H3/b20-8+,21-9+,22-10+,25-11+,29-28-. The van der Waals surface area contributed by atoms with Gasteiger partial charge >= 0.3 is 0 Å². The topological polar surface area (TPSA) is 114 Å². The first-order valence-electron chi connectivity index (χ1n) is 13.3. The Balaban J connectivity index is 1.78. The van der Waals surface area contributed by atoms with Crippen LogP contribution in [0.2, 0.25) is 0 Å². The molecule has 1 aromatic rings. The monoisotopic (exact) mass is 544 g/mol. The molecule has 3 aliphatic heterocycles. The minimum atomic E-state index is -0.986. The summed E-state index contributed by atoms with van der Waals surface area (Å²) in [6.07, 6.45) is 8.16. The van der Waals surface area contributed by atoms with Gasteiger partial charge in [0.2, 0.25) is 0 Å². The summed E-state index contributed by atoms with van der Waals surface area (Å²) in [4.78, 5) is 0. The van der Waals surface area contributed by atoms with Crippen LogP contribution in [0.3, 0.4) is 0 Å². The first-order valence-corrected chi connectivity index (χ1v) is 13.3. The van der Waals surface area contributed by atoms with Crippen LogP contribution in [0.5, 0.6) is 17.2 Å². The Morgan fingerprint density at radius 3 is 2.02 bits per heavy atom. The van der Waals surface area contributed by atoms with E-state index >= 15 is 0 Å². The molecule has 1 N–H and O–H groups in total. The van der Waals surface area contributed by atoms with Crippen LogP contribution in [0.1, 0.15) is 59.9 Å². The smallest absolute Gasteiger partial charge is 0.252 e. The molecule has 1 atom stereocenters. The number of hydrogen-bond acceptors (Lipinski definition) is 8. The van der Waals surface area contributed by atoms with Gasteiger partial charge in [-0.1, -0.05) is 39.8 Å². The molecule has 1 aromatic carbocycles. The van der Waals surface area contributed by atoms with Gasteiger partial charge < -0.3 is 28.8 Å². The summed E-state index contributed by atoms with van der Waals surface area (Å²) in [7, 11) is 1.50. The second-order valence-corrected chi connectivity index (χ2v) is 11.4. The van der Waals surface area contributed by atoms with Crippen LogP contribution >= 0.6 is 0 Å². The van der Waals surface area contributed by atoms with Crippen LogP contribution in [0.25, 0.3) is 0 Å². The number of allylic oxidation sites excluding steroid dienone is 5. The van der Waals surface area contributed by atoms with E-state index in [0.29, 0.717) is 30.1 Å². The third-order valence-electron chi connectivity index (χ3n) is 7.54. The predicted octanol–water partition coefficient (Wildman–Crippen LogP) is 6.61. The van der Waals surface area contributed by atoms with Crippen LogP contribution in [0.4, 0.5) is 0 Å². The number of aromatic hydroxyl groups is 1. The summed E-state index contributed by atoms with van der Waals surface area (Å²) in [6, 6.07) is 7.68. The molecule has 1 spiro atoms. The van der Waals surface area contributed by atoms with E-state index in [9.17, 15) is 15.6 Å². The van der Waals surface area contributed by atoms with Crippen molar-refractivity contribution in [2.75, 3.05) is 20.3 Å². The van der Waals surface area contributed by atoms with Crippen molar-refractivity contribution in [3.05, 3.63) is 76.0 Å². The molecule has 0 amide bonds. The van der Waals surface area contributed by atoms with E-state index in [-0.39, 0.29) is 52.5 Å². The maximum Gasteiger partial charge on any atom is 0.252 e. The second kappa shape index (κ2) is 10.7. The van der Waals surface area contributed by atoms with E-state index in [0.717, 1.165) is 11.1 Å². The lowest BCUT2D eigenvalue weighted by Crippen LogP contribution is -2.53. The fraction of sp³-hybridized carbons (Fsp3) is 0.438. The number of fused-ring (bicyclic) bond motifs is 2. The van der Waals surface area contributed by atoms with Crippen LogP contribution in [-0.2, 0) is 19.6 Å². The number of nitrogens with zero attached hydrogens (tertiary/aromatic N) is 2. The maximum absolute atomic E-state index is 10.4. The van der Waals surface area contributed by atoms with Crippen molar-refractivity contribution < 1.29 is 28.8 Å². The Labute approximate surface area is 236 Å². The summed E-state index contributed by atoms with van der Waals surface area (Å²) in [5.41, 5.74) is 1.61. The number of methoxy groups -OCH3 is 1. The number of ether oxygens (including phenoxy) is 5. The van der Waals surface area contributed by atoms with E-state index in [4.69, 9.17) is 23.7 Å². The first kappa shape index (κ1) is 28.7. The number of phenols is 1. The molecule has 1 saturated heterocycles. The summed E-state index contributed by atoms with van der Waals surface area (Å²) in [6.45, 7) is 12.2. The number of hydrogen-bond donors (Lipinski definition) is 1. The van der Waals surface area contributed by atoms with Crippen molar-refractivity contribution in [3.8, 4) is 29.4 Å². The number of nitriles is 2. The highest BCUT2D eigenvalue weighted by atomic mass is 16.7. The van der Waals surface area contributed by atoms with Gasteiger partial charge in [-0.15, -0.1) is 0 Å². The highest BCUT2D eigenvalue weighted by molar-refractivity contribution is 5.54. The molecule has 0 aromatic heterocycles. The van der Waals surface area contributed by atoms with Crippen LogP contribution in [0.15, 0.2) is 70.4 Å². The van der Waals surface area contributed by atoms with Crippen molar-refractivity contribution in [1.82, 2.24) is 0 Å². The van der Waals surface area contributed by atoms with E-state index in [1.165, 1.54) is 7.11 Å². The fourth-order valence-corrected chi connectivity index (χ4v) is 5.84. The Morgan fingerprint density at radius 2 is 1.48 bits per heavy atom. The zero-order valence-corrected chi connectivity index (χ0v) is 24.2. The van der Waals surface area contributed by atoms with Gasteiger partial charge in [0.05, 0.1) is 18.3 Å². The highest BCUT2D eigenvalue weighted by Crippen LogP contribution is 2.56. The zero-order valence-electron chi connectivity index (χ0n) is 24.2. The molecule has 40 heavy (non-hydrogen) atoms. The second-order valence-electron chi connectivity index (χ2n) is 11.4. The number of rotatable bonds is 3. The van der Waals surface area contributed by atoms with Crippen molar-refractivity contribution in [2.45, 2.75) is 65.6 Å². The van der Waals surface area contributed by atoms with E-state index in [1.807, 2.05) is 12.2 Å². The molecule has 0 saturated carbocycles. The minimum Gasteiger partial charge on any atom is -0.504 e. The van der Waals surface area contributed by atoms with Crippen LogP contribution in [-0.4, -0.2) is 31.2 Å². The molecule has 3 heterocycles. The Morgan fingerprint density at radius 1 is 0.900 bits per heavy atom. The fourth-order valence-electron chi connectivity index (χ4n) is 5.84. The van der Waals surface area contributed by atoms with Crippen molar-refractivity contribution in [1.29, 1.82) is 10.5 Å². The van der Waals surface area contributed by atoms with E-state index < -0.39 is 5.79 Å². The van der Waals surface area contributed by atoms with Crippen LogP contribution in [0, 0.1) is 28.1 Å². The molecular weight excluding hydrogens is 508 g/mol. The summed E-state index contributed by atoms with van der Waals surface area (Å²) < 4.78 is 30.9. The molecule has 0 radical (unpaired) electrons. The van der Waals surface area contributed by atoms with Crippen molar-refractivity contribution >= 4 is 0 Å². The summed E-state index contributed by atoms with van der Waals surface area (Å²) >= 11 is 0. The Kier molecular flexibility index (Phi) is 7.67. The van der Waals surface area contributed by atoms with Gasteiger partial charge in [0.25, 0.3) is 5.79 Å². The largest absolute Gasteiger partial charge is 0.504 e. The van der Waals surface area contributed by atoms with Gasteiger partial charge in [-0.3, -0.25) is 0 Å². The minimum absolute atomic E-state index is 0.0646.